The number of rotatable bonds is 17. The Morgan fingerprint density at radius 3 is 1.30 bits per heavy atom. The fourth-order valence-corrected chi connectivity index (χ4v) is 20.7. The van der Waals surface area contributed by atoms with Gasteiger partial charge in [-0.15, -0.1) is 11.8 Å². The Labute approximate surface area is 696 Å². The number of thioether (sulfide) groups is 1. The van der Waals surface area contributed by atoms with Gasteiger partial charge in [0.05, 0.1) is 94.0 Å². The third-order valence-electron chi connectivity index (χ3n) is 26.7. The van der Waals surface area contributed by atoms with Crippen molar-refractivity contribution in [2.75, 3.05) is 75.4 Å². The molecule has 1 amide bonds. The third-order valence-corrected chi connectivity index (χ3v) is 28.1. The van der Waals surface area contributed by atoms with Crippen LogP contribution in [0.3, 0.4) is 0 Å². The number of hydrogen-bond donors (Lipinski definition) is 9. The van der Waals surface area contributed by atoms with Gasteiger partial charge >= 0.3 is 17.9 Å². The van der Waals surface area contributed by atoms with Gasteiger partial charge in [0.15, 0.2) is 31.3 Å². The molecule has 7 heterocycles. The largest absolute Gasteiger partial charge is 0.459 e. The predicted octanol–water partition coefficient (Wildman–Crippen LogP) is 5.36. The molecular weight excluding hydrogens is 1530 g/mol. The molecule has 7 aliphatic rings. The minimum atomic E-state index is -1.85. The van der Waals surface area contributed by atoms with Crippen molar-refractivity contribution in [2.45, 2.75) is 402 Å². The molecule has 0 unspecified atom stereocenters. The maximum atomic E-state index is 14.5. The topological polar surface area (TPSA) is 384 Å². The molecule has 0 spiro atoms. The number of nitrogens with one attached hydrogen (secondary N) is 1. The Kier molecular flexibility index (Phi) is 36.5. The van der Waals surface area contributed by atoms with E-state index < -0.39 is 215 Å². The molecular formula is C84H155N5O26S. The average molecular weight is 1680 g/mol. The Morgan fingerprint density at radius 2 is 0.948 bits per heavy atom. The first-order valence-electron chi connectivity index (χ1n) is 42.3. The SMILES string of the molecule is CC[C@H]1OC(=O)[C@H](C)[C@@H](O[C@H]2C[C@@](C)(OC)[C@@H](O)[C@H](C)O2)[C@H](C)[C@@H](O[C@@H]2O[C@H](C)C[C@H](N(C)C)[C@H]2OC(=O)[C@@H]2CSC(C)(C)N2C(C)=O)[C@](C)(O)C[C@@H](C)CN(C)[C@H](C)[C@@H](O)[C@]1(C)O.CC[C@H]1OC(=O)[C@H](C)[C@@H](O[C@H]2C[C@@](C)(OC)[C@@H](O)[C@H](C)O2)[C@H](C)[C@@H](O[C@@H]2O[C@H](C)C[C@H](NC)[C@H]2OC)[C@](C)(O)C[C@@H](C)CN(C)[C@H](C)[C@@H](O)[C@]1(C)O. The first-order valence-corrected chi connectivity index (χ1v) is 43.3. The first kappa shape index (κ1) is 102. The van der Waals surface area contributed by atoms with E-state index in [1.54, 1.807) is 95.1 Å². The highest BCUT2D eigenvalue weighted by atomic mass is 32.2. The van der Waals surface area contributed by atoms with E-state index in [9.17, 15) is 60.0 Å². The Bertz CT molecular complexity index is 3110. The highest BCUT2D eigenvalue weighted by Crippen LogP contribution is 2.46. The first-order chi connectivity index (χ1) is 53.5. The Morgan fingerprint density at radius 1 is 0.560 bits per heavy atom. The molecule has 0 aliphatic carbocycles. The van der Waals surface area contributed by atoms with Crippen LogP contribution in [0.5, 0.6) is 0 Å². The van der Waals surface area contributed by atoms with Crippen LogP contribution in [-0.2, 0) is 85.5 Å². The molecule has 37 atom stereocenters. The van der Waals surface area contributed by atoms with Gasteiger partial charge in [0.1, 0.15) is 60.0 Å². The summed E-state index contributed by atoms with van der Waals surface area (Å²) < 4.78 is 88.9. The van der Waals surface area contributed by atoms with Crippen molar-refractivity contribution in [3.63, 3.8) is 0 Å². The van der Waals surface area contributed by atoms with Crippen LogP contribution in [0.2, 0.25) is 0 Å². The molecule has 678 valence electrons. The lowest BCUT2D eigenvalue weighted by molar-refractivity contribution is -0.319. The lowest BCUT2D eigenvalue weighted by Crippen LogP contribution is -2.61. The van der Waals surface area contributed by atoms with Gasteiger partial charge in [-0.25, -0.2) is 4.79 Å². The number of esters is 3. The molecule has 0 saturated carbocycles. The number of hydrogen-bond acceptors (Lipinski definition) is 31. The lowest BCUT2D eigenvalue weighted by atomic mass is 9.77. The van der Waals surface area contributed by atoms with Crippen LogP contribution < -0.4 is 5.32 Å². The summed E-state index contributed by atoms with van der Waals surface area (Å²) >= 11 is 1.49. The highest BCUT2D eigenvalue weighted by Gasteiger charge is 2.58. The zero-order valence-corrected chi connectivity index (χ0v) is 76.6. The van der Waals surface area contributed by atoms with Crippen molar-refractivity contribution in [1.82, 2.24) is 24.9 Å². The average Bonchev–Trinajstić information content (AvgIpc) is 1.15. The van der Waals surface area contributed by atoms with Gasteiger partial charge in [0.25, 0.3) is 0 Å². The van der Waals surface area contributed by atoms with Gasteiger partial charge in [0, 0.05) is 89.9 Å². The van der Waals surface area contributed by atoms with Crippen molar-refractivity contribution in [1.29, 1.82) is 0 Å². The summed E-state index contributed by atoms with van der Waals surface area (Å²) in [5.41, 5.74) is -8.89. The Balaban J connectivity index is 0.000000369. The fraction of sp³-hybridized carbons (Fsp3) is 0.952. The predicted molar refractivity (Wildman–Crippen MR) is 435 cm³/mol. The maximum absolute atomic E-state index is 14.5. The van der Waals surface area contributed by atoms with E-state index >= 15 is 0 Å². The molecule has 0 aromatic carbocycles. The number of cyclic esters (lactones) is 2. The molecule has 116 heavy (non-hydrogen) atoms. The van der Waals surface area contributed by atoms with E-state index in [2.05, 4.69) is 5.32 Å². The van der Waals surface area contributed by atoms with Crippen molar-refractivity contribution in [2.24, 2.45) is 35.5 Å². The summed E-state index contributed by atoms with van der Waals surface area (Å²) in [6.45, 7) is 41.4. The monoisotopic (exact) mass is 1680 g/mol. The summed E-state index contributed by atoms with van der Waals surface area (Å²) in [6, 6.07) is -2.45. The van der Waals surface area contributed by atoms with Crippen molar-refractivity contribution < 1.29 is 126 Å². The summed E-state index contributed by atoms with van der Waals surface area (Å²) in [7, 11) is 13.9. The zero-order chi connectivity index (χ0) is 88.1. The van der Waals surface area contributed by atoms with Gasteiger partial charge in [-0.05, 0) is 196 Å². The number of nitrogens with zero attached hydrogens (tertiary/aromatic N) is 4. The van der Waals surface area contributed by atoms with Crippen LogP contribution in [0, 0.1) is 35.5 Å². The summed E-state index contributed by atoms with van der Waals surface area (Å²) in [4.78, 5) is 62.6. The van der Waals surface area contributed by atoms with Crippen molar-refractivity contribution in [3.8, 4) is 0 Å². The quantitative estimate of drug-likeness (QED) is 0.0653. The molecule has 0 radical (unpaired) electrons. The summed E-state index contributed by atoms with van der Waals surface area (Å²) in [5.74, 6) is -5.85. The lowest BCUT2D eigenvalue weighted by Gasteiger charge is -2.49. The maximum Gasteiger partial charge on any atom is 0.330 e. The minimum Gasteiger partial charge on any atom is -0.459 e. The molecule has 9 N–H and O–H groups in total. The molecule has 7 saturated heterocycles. The van der Waals surface area contributed by atoms with Crippen LogP contribution >= 0.6 is 11.8 Å². The number of likely N-dealkylation sites (N-methyl/N-ethyl adjacent to an activating group) is 4. The molecule has 7 rings (SSSR count). The van der Waals surface area contributed by atoms with Crippen LogP contribution in [0.25, 0.3) is 0 Å². The second kappa shape index (κ2) is 41.4. The molecule has 31 nitrogen and oxygen atoms in total. The minimum absolute atomic E-state index is 0.0843. The van der Waals surface area contributed by atoms with E-state index in [1.807, 2.05) is 105 Å². The normalized spacial score (nSPS) is 47.4. The van der Waals surface area contributed by atoms with Gasteiger partial charge < -0.3 is 132 Å². The molecule has 0 bridgehead atoms. The van der Waals surface area contributed by atoms with Gasteiger partial charge in [0.2, 0.25) is 5.91 Å². The standard InChI is InChI=1S/C46H83N3O14S.C38H72N2O12/c1-18-33-46(13,56)37(51)28(6)48(16)22-24(2)20-44(11,55)39(26(4)35(27(5)40(53)60-33)61-34-21-45(12,57-17)38(52)29(7)59-34)63-42-36(31(47(14)15)19-25(3)58-42)62-41(54)32-23-64-43(9,10)49(32)30(8)50;1-15-27-38(10,45)31(41)24(6)40(12)19-20(2)17-36(8,44)33(52-35-30(46-13)26(39-11)16-21(3)48-35)22(4)29(23(5)34(43)50-27)51-28-18-37(9,47-14)32(42)25(7)49-28/h24-29,31-39,42,51-52,55-56H,18-23H2,1-17H3;20-33,35,39,41-42,44-45H,15-19H2,1-14H3/t24-,25-,26+,27-,28-,29+,31+,32+,33-,34+,35+,36-,37-,38+,39-,42+,44-,45-,46-;20-,21-,22+,23-,24-,25+,26+,27-,28+,29+,30-,31-,32+,33-,35+,36-,37-,38-/m11/s1. The third kappa shape index (κ3) is 23.7. The van der Waals surface area contributed by atoms with E-state index in [-0.39, 0.29) is 74.5 Å². The number of amides is 1. The smallest absolute Gasteiger partial charge is 0.330 e. The number of aliphatic hydroxyl groups is 8. The molecule has 0 aromatic rings. The number of methoxy groups -OCH3 is 3. The van der Waals surface area contributed by atoms with Gasteiger partial charge in [-0.1, -0.05) is 41.5 Å². The van der Waals surface area contributed by atoms with E-state index in [4.69, 9.17) is 66.3 Å². The Hall–Kier alpha value is -2.69. The summed E-state index contributed by atoms with van der Waals surface area (Å²) in [6.07, 6.45) is -16.1. The van der Waals surface area contributed by atoms with Crippen LogP contribution in [-0.4, -0.2) is 351 Å². The molecule has 0 aromatic heterocycles. The van der Waals surface area contributed by atoms with Crippen molar-refractivity contribution in [3.05, 3.63) is 0 Å². The van der Waals surface area contributed by atoms with E-state index in [1.165, 1.54) is 46.8 Å². The number of aliphatic hydroxyl groups excluding tert-OH is 4. The molecule has 32 heteroatoms. The second-order valence-corrected chi connectivity index (χ2v) is 39.1. The van der Waals surface area contributed by atoms with E-state index in [0.717, 1.165) is 0 Å². The number of carbonyl (C=O) groups is 4. The second-order valence-electron chi connectivity index (χ2n) is 37.5. The van der Waals surface area contributed by atoms with Crippen LogP contribution in [0.4, 0.5) is 0 Å². The number of ether oxygens (including phenoxy) is 14. The summed E-state index contributed by atoms with van der Waals surface area (Å²) in [5, 5.41) is 97.6. The molecule has 7 aliphatic heterocycles. The van der Waals surface area contributed by atoms with Crippen molar-refractivity contribution >= 4 is 35.6 Å². The van der Waals surface area contributed by atoms with Gasteiger partial charge in [-0.2, -0.15) is 0 Å². The van der Waals surface area contributed by atoms with Crippen LogP contribution in [0.1, 0.15) is 211 Å². The van der Waals surface area contributed by atoms with Crippen LogP contribution in [0.15, 0.2) is 0 Å². The molecule has 7 fully saturated rings. The number of carbonyl (C=O) groups excluding carboxylic acids is 4. The van der Waals surface area contributed by atoms with E-state index in [0.29, 0.717) is 31.7 Å². The fourth-order valence-electron chi connectivity index (χ4n) is 19.4. The highest BCUT2D eigenvalue weighted by molar-refractivity contribution is 8.00. The zero-order valence-electron chi connectivity index (χ0n) is 75.8. The van der Waals surface area contributed by atoms with Gasteiger partial charge in [-0.3, -0.25) is 14.4 Å².